The van der Waals surface area contributed by atoms with Gasteiger partial charge in [-0.1, -0.05) is 13.8 Å². The minimum atomic E-state index is 0.600. The Morgan fingerprint density at radius 3 is 3.13 bits per heavy atom. The van der Waals surface area contributed by atoms with Crippen molar-refractivity contribution in [1.29, 1.82) is 0 Å². The molecular formula is C12H15N3. The first-order valence-corrected chi connectivity index (χ1v) is 5.57. The lowest BCUT2D eigenvalue weighted by molar-refractivity contribution is 0.437. The lowest BCUT2D eigenvalue weighted by Gasteiger charge is -2.23. The summed E-state index contributed by atoms with van der Waals surface area (Å²) in [7, 11) is 0. The van der Waals surface area contributed by atoms with Crippen LogP contribution in [0.25, 0.3) is 5.78 Å². The molecule has 3 nitrogen and oxygen atoms in total. The average Bonchev–Trinajstić information content (AvgIpc) is 2.54. The quantitative estimate of drug-likeness (QED) is 0.655. The summed E-state index contributed by atoms with van der Waals surface area (Å²) < 4.78 is 2.14. The van der Waals surface area contributed by atoms with E-state index < -0.39 is 0 Å². The summed E-state index contributed by atoms with van der Waals surface area (Å²) in [6.45, 7) is 4.59. The number of hydrogen-bond donors (Lipinski definition) is 0. The first-order valence-electron chi connectivity index (χ1n) is 5.57. The van der Waals surface area contributed by atoms with Crippen LogP contribution in [0.3, 0.4) is 0 Å². The molecule has 0 N–H and O–H groups in total. The molecule has 1 aliphatic rings. The normalized spacial score (nSPS) is 25.5. The molecule has 0 amide bonds. The van der Waals surface area contributed by atoms with Gasteiger partial charge in [0.2, 0.25) is 5.78 Å². The monoisotopic (exact) mass is 201 g/mol. The highest BCUT2D eigenvalue weighted by molar-refractivity contribution is 5.38. The Hall–Kier alpha value is -1.38. The summed E-state index contributed by atoms with van der Waals surface area (Å²) in [6.07, 6.45) is 6.24. The van der Waals surface area contributed by atoms with Crippen LogP contribution < -0.4 is 0 Å². The fourth-order valence-corrected chi connectivity index (χ4v) is 2.75. The molecule has 78 valence electrons. The van der Waals surface area contributed by atoms with Crippen LogP contribution in [0.5, 0.6) is 0 Å². The van der Waals surface area contributed by atoms with Gasteiger partial charge < -0.3 is 0 Å². The van der Waals surface area contributed by atoms with E-state index in [2.05, 4.69) is 34.4 Å². The van der Waals surface area contributed by atoms with Gasteiger partial charge in [0.05, 0.1) is 11.4 Å². The third-order valence-corrected chi connectivity index (χ3v) is 3.28. The van der Waals surface area contributed by atoms with Gasteiger partial charge >= 0.3 is 0 Å². The summed E-state index contributed by atoms with van der Waals surface area (Å²) in [4.78, 5) is 8.90. The maximum absolute atomic E-state index is 4.61. The molecule has 0 spiro atoms. The maximum atomic E-state index is 4.61. The van der Waals surface area contributed by atoms with E-state index in [-0.39, 0.29) is 0 Å². The zero-order chi connectivity index (χ0) is 10.4. The van der Waals surface area contributed by atoms with E-state index in [1.54, 1.807) is 0 Å². The average molecular weight is 201 g/mol. The molecular weight excluding hydrogens is 186 g/mol. The van der Waals surface area contributed by atoms with Gasteiger partial charge in [0.15, 0.2) is 0 Å². The fraction of sp³-hybridized carbons (Fsp3) is 0.500. The van der Waals surface area contributed by atoms with Gasteiger partial charge in [-0.05, 0) is 30.7 Å². The van der Waals surface area contributed by atoms with Crippen molar-refractivity contribution in [2.45, 2.75) is 32.6 Å². The summed E-state index contributed by atoms with van der Waals surface area (Å²) in [5.41, 5.74) is 2.62. The van der Waals surface area contributed by atoms with E-state index in [1.165, 1.54) is 17.8 Å². The Balaban J connectivity index is 2.27. The Morgan fingerprint density at radius 1 is 1.40 bits per heavy atom. The first-order chi connectivity index (χ1) is 7.25. The number of nitrogens with zero attached hydrogens (tertiary/aromatic N) is 3. The largest absolute Gasteiger partial charge is 0.288 e. The topological polar surface area (TPSA) is 30.2 Å². The smallest absolute Gasteiger partial charge is 0.234 e. The van der Waals surface area contributed by atoms with E-state index in [4.69, 9.17) is 0 Å². The predicted octanol–water partition coefficient (Wildman–Crippen LogP) is 2.42. The van der Waals surface area contributed by atoms with Crippen LogP contribution in [-0.2, 0) is 6.42 Å². The van der Waals surface area contributed by atoms with Crippen LogP contribution >= 0.6 is 0 Å². The molecule has 2 unspecified atom stereocenters. The van der Waals surface area contributed by atoms with Crippen molar-refractivity contribution in [3.63, 3.8) is 0 Å². The molecule has 15 heavy (non-hydrogen) atoms. The van der Waals surface area contributed by atoms with E-state index >= 15 is 0 Å². The fourth-order valence-electron chi connectivity index (χ4n) is 2.75. The molecule has 2 heterocycles. The molecule has 0 saturated heterocycles. The van der Waals surface area contributed by atoms with Gasteiger partial charge in [-0.15, -0.1) is 0 Å². The highest BCUT2D eigenvalue weighted by Gasteiger charge is 2.26. The molecule has 2 aromatic heterocycles. The van der Waals surface area contributed by atoms with Gasteiger partial charge in [0.25, 0.3) is 0 Å². The zero-order valence-electron chi connectivity index (χ0n) is 9.14. The molecule has 0 radical (unpaired) electrons. The summed E-state index contributed by atoms with van der Waals surface area (Å²) >= 11 is 0. The molecule has 0 aromatic carbocycles. The van der Waals surface area contributed by atoms with E-state index in [0.717, 1.165) is 18.1 Å². The molecule has 2 atom stereocenters. The van der Waals surface area contributed by atoms with Gasteiger partial charge in [-0.2, -0.15) is 0 Å². The zero-order valence-corrected chi connectivity index (χ0v) is 9.14. The van der Waals surface area contributed by atoms with Crippen LogP contribution in [-0.4, -0.2) is 14.4 Å². The van der Waals surface area contributed by atoms with Crippen molar-refractivity contribution in [2.75, 3.05) is 0 Å². The lowest BCUT2D eigenvalue weighted by atomic mass is 9.84. The third kappa shape index (κ3) is 1.26. The Bertz CT molecular complexity index is 501. The molecule has 2 aromatic rings. The van der Waals surface area contributed by atoms with Crippen molar-refractivity contribution in [2.24, 2.45) is 5.92 Å². The molecule has 0 bridgehead atoms. The molecule has 1 aliphatic carbocycles. The standard InChI is InChI=1S/C12H15N3/c1-8-6-9(2)11-10(7-8)14-12-13-4-3-5-15(11)12/h3-5,8-9H,6-7H2,1-2H3. The SMILES string of the molecule is CC1Cc2nc3ncccn3c2C(C)C1. The number of fused-ring (bicyclic) bond motifs is 3. The minimum absolute atomic E-state index is 0.600. The van der Waals surface area contributed by atoms with Crippen molar-refractivity contribution < 1.29 is 0 Å². The maximum Gasteiger partial charge on any atom is 0.234 e. The summed E-state index contributed by atoms with van der Waals surface area (Å²) in [5.74, 6) is 2.20. The second kappa shape index (κ2) is 3.05. The number of imidazole rings is 1. The molecule has 3 rings (SSSR count). The van der Waals surface area contributed by atoms with Crippen LogP contribution in [0.2, 0.25) is 0 Å². The van der Waals surface area contributed by atoms with Crippen molar-refractivity contribution in [1.82, 2.24) is 14.4 Å². The summed E-state index contributed by atoms with van der Waals surface area (Å²) in [5, 5.41) is 0. The Labute approximate surface area is 89.2 Å². The highest BCUT2D eigenvalue weighted by atomic mass is 15.1. The minimum Gasteiger partial charge on any atom is -0.288 e. The van der Waals surface area contributed by atoms with E-state index in [9.17, 15) is 0 Å². The third-order valence-electron chi connectivity index (χ3n) is 3.28. The second-order valence-electron chi connectivity index (χ2n) is 4.68. The van der Waals surface area contributed by atoms with Crippen molar-refractivity contribution in [3.05, 3.63) is 29.8 Å². The highest BCUT2D eigenvalue weighted by Crippen LogP contribution is 2.34. The van der Waals surface area contributed by atoms with E-state index in [0.29, 0.717) is 5.92 Å². The van der Waals surface area contributed by atoms with Gasteiger partial charge in [-0.25, -0.2) is 9.97 Å². The lowest BCUT2D eigenvalue weighted by Crippen LogP contribution is -2.15. The van der Waals surface area contributed by atoms with Crippen LogP contribution in [0.15, 0.2) is 18.5 Å². The molecule has 0 fully saturated rings. The van der Waals surface area contributed by atoms with Crippen LogP contribution in [0, 0.1) is 5.92 Å². The predicted molar refractivity (Wildman–Crippen MR) is 58.9 cm³/mol. The number of hydrogen-bond acceptors (Lipinski definition) is 2. The van der Waals surface area contributed by atoms with Crippen molar-refractivity contribution >= 4 is 5.78 Å². The van der Waals surface area contributed by atoms with Gasteiger partial charge in [0.1, 0.15) is 0 Å². The van der Waals surface area contributed by atoms with E-state index in [1.807, 2.05) is 12.3 Å². The number of rotatable bonds is 0. The first kappa shape index (κ1) is 8.89. The van der Waals surface area contributed by atoms with Gasteiger partial charge in [-0.3, -0.25) is 4.40 Å². The Kier molecular flexibility index (Phi) is 1.81. The van der Waals surface area contributed by atoms with Crippen LogP contribution in [0.4, 0.5) is 0 Å². The molecule has 0 saturated carbocycles. The molecule has 0 aliphatic heterocycles. The summed E-state index contributed by atoms with van der Waals surface area (Å²) in [6, 6.07) is 1.97. The van der Waals surface area contributed by atoms with Gasteiger partial charge in [0, 0.05) is 12.4 Å². The molecule has 3 heteroatoms. The second-order valence-corrected chi connectivity index (χ2v) is 4.68. The number of aromatic nitrogens is 3. The van der Waals surface area contributed by atoms with Crippen LogP contribution in [0.1, 0.15) is 37.6 Å². The Morgan fingerprint density at radius 2 is 2.27 bits per heavy atom. The van der Waals surface area contributed by atoms with Crippen molar-refractivity contribution in [3.8, 4) is 0 Å².